The van der Waals surface area contributed by atoms with Gasteiger partial charge in [0.2, 0.25) is 0 Å². The van der Waals surface area contributed by atoms with Gasteiger partial charge in [-0.25, -0.2) is 0 Å². The first kappa shape index (κ1) is 14.4. The second kappa shape index (κ2) is 6.05. The van der Waals surface area contributed by atoms with Gasteiger partial charge in [0.1, 0.15) is 0 Å². The molecule has 1 heterocycles. The van der Waals surface area contributed by atoms with Crippen molar-refractivity contribution in [1.82, 2.24) is 4.90 Å². The monoisotopic (exact) mass is 345 g/mol. The normalized spacial score (nSPS) is 22.3. The van der Waals surface area contributed by atoms with Gasteiger partial charge >= 0.3 is 134 Å². The molecule has 0 spiro atoms. The Labute approximate surface area is 134 Å². The van der Waals surface area contributed by atoms with Crippen molar-refractivity contribution >= 4 is 21.9 Å². The summed E-state index contributed by atoms with van der Waals surface area (Å²) in [6.07, 6.45) is 1.95. The predicted octanol–water partition coefficient (Wildman–Crippen LogP) is 2.61. The van der Waals surface area contributed by atoms with E-state index in [9.17, 15) is 4.79 Å². The molecule has 1 aliphatic rings. The number of nitrogens with zero attached hydrogens (tertiary/aromatic N) is 1. The molecule has 2 nitrogen and oxygen atoms in total. The van der Waals surface area contributed by atoms with Crippen LogP contribution >= 0.6 is 0 Å². The maximum absolute atomic E-state index is 13.0. The van der Waals surface area contributed by atoms with Gasteiger partial charge in [-0.3, -0.25) is 0 Å². The number of rotatable bonds is 3. The zero-order valence-electron chi connectivity index (χ0n) is 11.9. The molecule has 1 aliphatic heterocycles. The molecule has 2 aromatic rings. The quantitative estimate of drug-likeness (QED) is 0.784. The molecule has 1 unspecified atom stereocenters. The molecule has 0 N–H and O–H groups in total. The van der Waals surface area contributed by atoms with E-state index in [1.165, 1.54) is 5.56 Å². The first-order chi connectivity index (χ1) is 10.2. The first-order valence-corrected chi connectivity index (χ1v) is 8.25. The molecular formula is C18H19NOSe. The average molecular weight is 344 g/mol. The Morgan fingerprint density at radius 1 is 1.00 bits per heavy atom. The van der Waals surface area contributed by atoms with E-state index in [0.717, 1.165) is 24.9 Å². The van der Waals surface area contributed by atoms with E-state index >= 15 is 0 Å². The third-order valence-electron chi connectivity index (χ3n) is 4.08. The second-order valence-corrected chi connectivity index (χ2v) is 7.14. The van der Waals surface area contributed by atoms with Crippen LogP contribution in [-0.2, 0) is 15.7 Å². The molecule has 3 heteroatoms. The van der Waals surface area contributed by atoms with Crippen molar-refractivity contribution in [2.45, 2.75) is 23.7 Å². The van der Waals surface area contributed by atoms with Crippen molar-refractivity contribution < 1.29 is 4.79 Å². The summed E-state index contributed by atoms with van der Waals surface area (Å²) in [7, 11) is 0. The summed E-state index contributed by atoms with van der Waals surface area (Å²) in [5.74, 6) is 0.226. The second-order valence-electron chi connectivity index (χ2n) is 5.54. The van der Waals surface area contributed by atoms with Crippen LogP contribution in [0.2, 0.25) is 0 Å². The summed E-state index contributed by atoms with van der Waals surface area (Å²) in [5.41, 5.74) is 2.29. The fraction of sp³-hybridized carbons (Fsp3) is 0.278. The van der Waals surface area contributed by atoms with Gasteiger partial charge in [0, 0.05) is 0 Å². The van der Waals surface area contributed by atoms with Gasteiger partial charge < -0.3 is 0 Å². The summed E-state index contributed by atoms with van der Waals surface area (Å²) >= 11 is 2.63. The number of carbonyl (C=O) groups is 1. The number of amides is 1. The number of likely N-dealkylation sites (tertiary alicyclic amines) is 1. The van der Waals surface area contributed by atoms with Gasteiger partial charge in [0.05, 0.1) is 0 Å². The molecule has 0 radical (unpaired) electrons. The average Bonchev–Trinajstić information content (AvgIpc) is 2.54. The van der Waals surface area contributed by atoms with Crippen LogP contribution in [0.4, 0.5) is 0 Å². The molecule has 1 fully saturated rings. The van der Waals surface area contributed by atoms with Crippen LogP contribution in [0, 0.1) is 0 Å². The zero-order chi connectivity index (χ0) is 14.7. The third-order valence-corrected chi connectivity index (χ3v) is 5.49. The standard InChI is InChI=1S/C18H19NOSe/c20-17-18(21,16-10-5-2-6-11-16)12-7-13-19(17)14-15-8-3-1-4-9-15/h1-6,8-11,21H,7,12-14H2. The summed E-state index contributed by atoms with van der Waals surface area (Å²) in [6.45, 7) is 1.55. The van der Waals surface area contributed by atoms with Gasteiger partial charge in [0.25, 0.3) is 0 Å². The van der Waals surface area contributed by atoms with Crippen LogP contribution in [0.3, 0.4) is 0 Å². The van der Waals surface area contributed by atoms with E-state index in [2.05, 4.69) is 40.3 Å². The summed E-state index contributed by atoms with van der Waals surface area (Å²) in [6, 6.07) is 20.3. The molecular weight excluding hydrogens is 325 g/mol. The molecule has 0 aromatic heterocycles. The fourth-order valence-electron chi connectivity index (χ4n) is 2.93. The summed E-state index contributed by atoms with van der Waals surface area (Å²) in [4.78, 5) is 15.0. The van der Waals surface area contributed by atoms with Crippen LogP contribution in [0.5, 0.6) is 0 Å². The van der Waals surface area contributed by atoms with E-state index in [1.54, 1.807) is 0 Å². The van der Waals surface area contributed by atoms with Crippen molar-refractivity contribution in [3.8, 4) is 0 Å². The minimum atomic E-state index is -0.443. The molecule has 21 heavy (non-hydrogen) atoms. The van der Waals surface area contributed by atoms with Crippen molar-refractivity contribution in [3.05, 3.63) is 71.8 Å². The number of hydrogen-bond donors (Lipinski definition) is 0. The third kappa shape index (κ3) is 2.90. The topological polar surface area (TPSA) is 20.3 Å². The molecule has 1 saturated heterocycles. The van der Waals surface area contributed by atoms with Gasteiger partial charge in [-0.05, 0) is 0 Å². The van der Waals surface area contributed by atoms with E-state index < -0.39 is 4.31 Å². The fourth-order valence-corrected chi connectivity index (χ4v) is 3.87. The molecule has 2 aromatic carbocycles. The minimum absolute atomic E-state index is 0.226. The maximum atomic E-state index is 13.0. The first-order valence-electron chi connectivity index (χ1n) is 7.31. The van der Waals surface area contributed by atoms with Gasteiger partial charge in [-0.1, -0.05) is 0 Å². The Bertz CT molecular complexity index is 614. The molecule has 0 saturated carbocycles. The van der Waals surface area contributed by atoms with E-state index in [4.69, 9.17) is 0 Å². The van der Waals surface area contributed by atoms with Gasteiger partial charge in [-0.2, -0.15) is 0 Å². The summed E-state index contributed by atoms with van der Waals surface area (Å²) < 4.78 is -0.443. The van der Waals surface area contributed by atoms with Crippen LogP contribution in [0.15, 0.2) is 60.7 Å². The molecule has 1 amide bonds. The van der Waals surface area contributed by atoms with E-state index in [1.807, 2.05) is 41.3 Å². The number of hydrogen-bond acceptors (Lipinski definition) is 1. The molecule has 0 bridgehead atoms. The Morgan fingerprint density at radius 3 is 2.29 bits per heavy atom. The van der Waals surface area contributed by atoms with Crippen molar-refractivity contribution in [3.63, 3.8) is 0 Å². The van der Waals surface area contributed by atoms with Gasteiger partial charge in [-0.15, -0.1) is 0 Å². The van der Waals surface area contributed by atoms with E-state index in [0.29, 0.717) is 6.54 Å². The summed E-state index contributed by atoms with van der Waals surface area (Å²) in [5, 5.41) is 0. The predicted molar refractivity (Wildman–Crippen MR) is 86.4 cm³/mol. The van der Waals surface area contributed by atoms with Crippen LogP contribution in [0.25, 0.3) is 0 Å². The van der Waals surface area contributed by atoms with Crippen LogP contribution < -0.4 is 0 Å². The molecule has 108 valence electrons. The SMILES string of the molecule is O=C1N(Cc2ccccc2)CCCC1([SeH])c1ccccc1. The molecule has 3 rings (SSSR count). The Kier molecular flexibility index (Phi) is 4.14. The van der Waals surface area contributed by atoms with Crippen LogP contribution in [0.1, 0.15) is 24.0 Å². The van der Waals surface area contributed by atoms with Crippen molar-refractivity contribution in [2.24, 2.45) is 0 Å². The van der Waals surface area contributed by atoms with Crippen molar-refractivity contribution in [2.75, 3.05) is 6.54 Å². The molecule has 1 atom stereocenters. The van der Waals surface area contributed by atoms with Crippen LogP contribution in [-0.4, -0.2) is 33.4 Å². The van der Waals surface area contributed by atoms with E-state index in [-0.39, 0.29) is 5.91 Å². The molecule has 0 aliphatic carbocycles. The zero-order valence-corrected chi connectivity index (χ0v) is 13.8. The Morgan fingerprint density at radius 2 is 1.62 bits per heavy atom. The number of benzene rings is 2. The Hall–Kier alpha value is -1.57. The van der Waals surface area contributed by atoms with Crippen molar-refractivity contribution in [1.29, 1.82) is 0 Å². The number of piperidine rings is 1. The van der Waals surface area contributed by atoms with Gasteiger partial charge in [0.15, 0.2) is 0 Å². The number of carbonyl (C=O) groups excluding carboxylic acids is 1. The Balaban J connectivity index is 1.84.